The molecule has 28 heavy (non-hydrogen) atoms. The topological polar surface area (TPSA) is 133 Å². The van der Waals surface area contributed by atoms with E-state index in [9.17, 15) is 19.2 Å². The Labute approximate surface area is 159 Å². The quantitative estimate of drug-likeness (QED) is 0.563. The normalized spacial score (nSPS) is 18.1. The second-order valence-electron chi connectivity index (χ2n) is 6.97. The third kappa shape index (κ3) is 3.30. The highest BCUT2D eigenvalue weighted by Gasteiger charge is 2.31. The van der Waals surface area contributed by atoms with Crippen LogP contribution in [0.4, 0.5) is 5.82 Å². The molecule has 1 aromatic carbocycles. The van der Waals surface area contributed by atoms with Gasteiger partial charge < -0.3 is 15.2 Å². The highest BCUT2D eigenvalue weighted by Crippen LogP contribution is 2.35. The smallest absolute Gasteiger partial charge is 0.330 e. The van der Waals surface area contributed by atoms with Crippen molar-refractivity contribution in [2.24, 2.45) is 5.92 Å². The van der Waals surface area contributed by atoms with Gasteiger partial charge in [-0.15, -0.1) is 0 Å². The van der Waals surface area contributed by atoms with Crippen molar-refractivity contribution in [3.8, 4) is 5.75 Å². The van der Waals surface area contributed by atoms with E-state index in [0.717, 1.165) is 24.2 Å². The van der Waals surface area contributed by atoms with Crippen LogP contribution >= 0.6 is 0 Å². The van der Waals surface area contributed by atoms with E-state index in [1.807, 2.05) is 24.3 Å². The molecule has 1 aliphatic heterocycles. The monoisotopic (exact) mass is 385 g/mol. The zero-order valence-electron chi connectivity index (χ0n) is 15.0. The summed E-state index contributed by atoms with van der Waals surface area (Å²) in [5.74, 6) is -1.35. The van der Waals surface area contributed by atoms with Gasteiger partial charge in [-0.3, -0.25) is 23.9 Å². The number of fused-ring (bicyclic) bond motifs is 1. The number of carbonyl (C=O) groups is 2. The molecule has 9 nitrogen and oxygen atoms in total. The van der Waals surface area contributed by atoms with Crippen LogP contribution in [0.25, 0.3) is 0 Å². The fourth-order valence-corrected chi connectivity index (χ4v) is 3.34. The van der Waals surface area contributed by atoms with Crippen molar-refractivity contribution < 1.29 is 19.1 Å². The second kappa shape index (κ2) is 6.99. The third-order valence-corrected chi connectivity index (χ3v) is 4.93. The van der Waals surface area contributed by atoms with Crippen LogP contribution in [-0.2, 0) is 16.0 Å². The minimum Gasteiger partial charge on any atom is -0.492 e. The van der Waals surface area contributed by atoms with Gasteiger partial charge in [0.1, 0.15) is 23.7 Å². The van der Waals surface area contributed by atoms with Crippen LogP contribution in [0.1, 0.15) is 34.8 Å². The van der Waals surface area contributed by atoms with Crippen molar-refractivity contribution >= 4 is 17.6 Å². The number of benzene rings is 1. The summed E-state index contributed by atoms with van der Waals surface area (Å²) in [4.78, 5) is 50.8. The molecule has 2 heterocycles. The van der Waals surface area contributed by atoms with E-state index in [4.69, 9.17) is 15.2 Å². The molecule has 1 saturated carbocycles. The van der Waals surface area contributed by atoms with Crippen LogP contribution in [0.3, 0.4) is 0 Å². The lowest BCUT2D eigenvalue weighted by molar-refractivity contribution is -0.148. The predicted molar refractivity (Wildman–Crippen MR) is 98.4 cm³/mol. The van der Waals surface area contributed by atoms with Crippen LogP contribution < -0.4 is 21.7 Å². The first-order valence-electron chi connectivity index (χ1n) is 9.00. The summed E-state index contributed by atoms with van der Waals surface area (Å²) < 4.78 is 11.9. The maximum Gasteiger partial charge on any atom is 0.330 e. The number of hydrogen-bond acceptors (Lipinski definition) is 7. The Balaban J connectivity index is 1.45. The lowest BCUT2D eigenvalue weighted by Crippen LogP contribution is -2.37. The minimum absolute atomic E-state index is 0.113. The van der Waals surface area contributed by atoms with Gasteiger partial charge in [0.25, 0.3) is 5.56 Å². The molecule has 0 radical (unpaired) electrons. The number of esters is 1. The van der Waals surface area contributed by atoms with Crippen molar-refractivity contribution in [2.45, 2.75) is 25.3 Å². The molecule has 4 rings (SSSR count). The standard InChI is InChI=1S/C19H19N3O6/c20-16-15(17(24)21-19(26)22(16)12-5-6-12)13(23)9-28-18(25)11-7-10-3-1-2-4-14(10)27-8-11/h1-4,11-12H,5-9,20H2,(H,21,24,26)/t11-/m1/s1. The van der Waals surface area contributed by atoms with Crippen LogP contribution in [0, 0.1) is 5.92 Å². The number of Topliss-reactive ketones (excluding diaryl/α,β-unsaturated/α-hetero) is 1. The number of H-pyrrole nitrogens is 1. The SMILES string of the molecule is Nc1c(C(=O)COC(=O)[C@H]2COc3ccccc3C2)c(=O)[nH]c(=O)n1C1CC1. The molecule has 0 saturated heterocycles. The van der Waals surface area contributed by atoms with Gasteiger partial charge in [0.15, 0.2) is 6.61 Å². The molecule has 9 heteroatoms. The molecular weight excluding hydrogens is 366 g/mol. The van der Waals surface area contributed by atoms with Gasteiger partial charge in [-0.1, -0.05) is 18.2 Å². The van der Waals surface area contributed by atoms with Crippen LogP contribution in [0.15, 0.2) is 33.9 Å². The highest BCUT2D eigenvalue weighted by atomic mass is 16.5. The molecule has 2 aromatic rings. The molecule has 1 fully saturated rings. The molecule has 0 bridgehead atoms. The summed E-state index contributed by atoms with van der Waals surface area (Å²) in [6.45, 7) is -0.480. The summed E-state index contributed by atoms with van der Waals surface area (Å²) in [6, 6.07) is 7.27. The maximum absolute atomic E-state index is 12.5. The molecule has 0 unspecified atom stereocenters. The minimum atomic E-state index is -0.879. The fraction of sp³-hybridized carbons (Fsp3) is 0.368. The highest BCUT2D eigenvalue weighted by molar-refractivity contribution is 6.01. The number of nitrogen functional groups attached to an aromatic ring is 1. The Hall–Kier alpha value is -3.36. The number of hydrogen-bond donors (Lipinski definition) is 2. The Bertz CT molecular complexity index is 1070. The number of anilines is 1. The lowest BCUT2D eigenvalue weighted by atomic mass is 9.97. The van der Waals surface area contributed by atoms with E-state index in [1.54, 1.807) is 0 Å². The van der Waals surface area contributed by atoms with Gasteiger partial charge in [0.2, 0.25) is 5.78 Å². The van der Waals surface area contributed by atoms with Gasteiger partial charge in [-0.05, 0) is 30.9 Å². The first-order chi connectivity index (χ1) is 13.5. The van der Waals surface area contributed by atoms with Crippen molar-refractivity contribution in [3.63, 3.8) is 0 Å². The molecule has 0 spiro atoms. The summed E-state index contributed by atoms with van der Waals surface area (Å²) in [5.41, 5.74) is 4.90. The first-order valence-corrected chi connectivity index (χ1v) is 9.00. The molecule has 0 amide bonds. The summed E-state index contributed by atoms with van der Waals surface area (Å²) in [5, 5.41) is 0. The number of ether oxygens (including phenoxy) is 2. The van der Waals surface area contributed by atoms with Gasteiger partial charge in [0, 0.05) is 6.04 Å². The van der Waals surface area contributed by atoms with E-state index >= 15 is 0 Å². The number of aromatic amines is 1. The first kappa shape index (κ1) is 18.0. The Morgan fingerprint density at radius 1 is 1.25 bits per heavy atom. The summed E-state index contributed by atoms with van der Waals surface area (Å²) >= 11 is 0. The van der Waals surface area contributed by atoms with E-state index in [0.29, 0.717) is 6.42 Å². The van der Waals surface area contributed by atoms with Gasteiger partial charge in [-0.25, -0.2) is 4.79 Å². The Kier molecular flexibility index (Phi) is 4.50. The number of aromatic nitrogens is 2. The number of ketones is 1. The average Bonchev–Trinajstić information content (AvgIpc) is 3.50. The lowest BCUT2D eigenvalue weighted by Gasteiger charge is -2.23. The third-order valence-electron chi connectivity index (χ3n) is 4.93. The van der Waals surface area contributed by atoms with Crippen LogP contribution in [0.2, 0.25) is 0 Å². The van der Waals surface area contributed by atoms with Crippen molar-refractivity contribution in [3.05, 3.63) is 56.2 Å². The van der Waals surface area contributed by atoms with E-state index in [2.05, 4.69) is 4.98 Å². The molecule has 146 valence electrons. The van der Waals surface area contributed by atoms with Gasteiger partial charge >= 0.3 is 11.7 Å². The largest absolute Gasteiger partial charge is 0.492 e. The number of rotatable bonds is 5. The van der Waals surface area contributed by atoms with Gasteiger partial charge in [-0.2, -0.15) is 0 Å². The van der Waals surface area contributed by atoms with E-state index in [1.165, 1.54) is 4.57 Å². The van der Waals surface area contributed by atoms with E-state index < -0.39 is 35.5 Å². The Morgan fingerprint density at radius 3 is 2.75 bits per heavy atom. The van der Waals surface area contributed by atoms with Crippen molar-refractivity contribution in [2.75, 3.05) is 18.9 Å². The predicted octanol–water partition coefficient (Wildman–Crippen LogP) is 0.431. The van der Waals surface area contributed by atoms with Crippen molar-refractivity contribution in [1.82, 2.24) is 9.55 Å². The molecule has 1 aliphatic carbocycles. The molecular formula is C19H19N3O6. The molecule has 1 aromatic heterocycles. The summed E-state index contributed by atoms with van der Waals surface area (Å²) in [7, 11) is 0. The van der Waals surface area contributed by atoms with Crippen LogP contribution in [-0.4, -0.2) is 34.5 Å². The fourth-order valence-electron chi connectivity index (χ4n) is 3.34. The molecule has 1 atom stereocenters. The Morgan fingerprint density at radius 2 is 2.00 bits per heavy atom. The number of nitrogens with two attached hydrogens (primary N) is 1. The molecule has 2 aliphatic rings. The maximum atomic E-state index is 12.5. The zero-order valence-corrected chi connectivity index (χ0v) is 15.0. The van der Waals surface area contributed by atoms with E-state index in [-0.39, 0.29) is 24.0 Å². The summed E-state index contributed by atoms with van der Waals surface area (Å²) in [6.07, 6.45) is 1.95. The number of nitrogens with zero attached hydrogens (tertiary/aromatic N) is 1. The number of carbonyl (C=O) groups excluding carboxylic acids is 2. The van der Waals surface area contributed by atoms with Crippen molar-refractivity contribution in [1.29, 1.82) is 0 Å². The number of nitrogens with one attached hydrogen (secondary N) is 1. The molecule has 3 N–H and O–H groups in total. The zero-order chi connectivity index (χ0) is 19.8. The second-order valence-corrected chi connectivity index (χ2v) is 6.97. The van der Waals surface area contributed by atoms with Gasteiger partial charge in [0.05, 0.1) is 5.92 Å². The average molecular weight is 385 g/mol. The number of para-hydroxylation sites is 1. The van der Waals surface area contributed by atoms with Crippen LogP contribution in [0.5, 0.6) is 5.75 Å².